The maximum absolute atomic E-state index is 12.2. The summed E-state index contributed by atoms with van der Waals surface area (Å²) < 4.78 is 43.2. The Morgan fingerprint density at radius 1 is 1.36 bits per heavy atom. The first kappa shape index (κ1) is 15.1. The average molecular weight is 329 g/mol. The fourth-order valence-corrected chi connectivity index (χ4v) is 3.68. The van der Waals surface area contributed by atoms with E-state index in [2.05, 4.69) is 0 Å². The molecular weight excluding hydrogens is 315 g/mol. The summed E-state index contributed by atoms with van der Waals surface area (Å²) in [5.74, 6) is -1.03. The van der Waals surface area contributed by atoms with Gasteiger partial charge in [0.15, 0.2) is 0 Å². The van der Waals surface area contributed by atoms with Crippen LogP contribution in [-0.2, 0) is 17.6 Å². The molecule has 1 aliphatic rings. The summed E-state index contributed by atoms with van der Waals surface area (Å²) in [5, 5.41) is 4.93. The van der Waals surface area contributed by atoms with Crippen molar-refractivity contribution in [1.82, 2.24) is 5.32 Å². The number of fused-ring (bicyclic) bond motifs is 3. The van der Waals surface area contributed by atoms with Crippen molar-refractivity contribution < 1.29 is 22.7 Å². The predicted octanol–water partition coefficient (Wildman–Crippen LogP) is 3.45. The van der Waals surface area contributed by atoms with Crippen molar-refractivity contribution in [3.63, 3.8) is 0 Å². The fraction of sp³-hybridized carbons (Fsp3) is 0.400. The lowest BCUT2D eigenvalue weighted by atomic mass is 9.98. The lowest BCUT2D eigenvalue weighted by Gasteiger charge is -2.18. The van der Waals surface area contributed by atoms with E-state index in [1.54, 1.807) is 11.3 Å². The summed E-state index contributed by atoms with van der Waals surface area (Å²) >= 11 is 1.56. The summed E-state index contributed by atoms with van der Waals surface area (Å²) in [7, 11) is 0. The standard InChI is InChI=1S/C15H14F3NO2S/c16-15(17,18)14(20)19-6-5-9-8-22-12-4-3-11-10(13(9)12)2-1-7-21-11/h3-4,8H,1-2,5-7H2,(H,19,20). The van der Waals surface area contributed by atoms with Gasteiger partial charge in [-0.2, -0.15) is 13.2 Å². The number of hydrogen-bond donors (Lipinski definition) is 1. The second-order valence-electron chi connectivity index (χ2n) is 5.13. The zero-order chi connectivity index (χ0) is 15.7. The highest BCUT2D eigenvalue weighted by molar-refractivity contribution is 7.17. The van der Waals surface area contributed by atoms with Crippen molar-refractivity contribution in [2.24, 2.45) is 0 Å². The summed E-state index contributed by atoms with van der Waals surface area (Å²) in [6, 6.07) is 3.92. The highest BCUT2D eigenvalue weighted by Crippen LogP contribution is 2.37. The highest BCUT2D eigenvalue weighted by Gasteiger charge is 2.38. The van der Waals surface area contributed by atoms with Crippen molar-refractivity contribution >= 4 is 27.3 Å². The number of amides is 1. The number of hydrogen-bond acceptors (Lipinski definition) is 3. The first-order valence-electron chi connectivity index (χ1n) is 6.96. The third kappa shape index (κ3) is 2.90. The molecule has 0 spiro atoms. The van der Waals surface area contributed by atoms with E-state index >= 15 is 0 Å². The van der Waals surface area contributed by atoms with Gasteiger partial charge < -0.3 is 10.1 Å². The molecule has 2 heterocycles. The van der Waals surface area contributed by atoms with E-state index in [4.69, 9.17) is 4.74 Å². The molecule has 0 radical (unpaired) electrons. The number of carbonyl (C=O) groups is 1. The SMILES string of the molecule is O=C(NCCc1csc2ccc3c(c12)CCCO3)C(F)(F)F. The summed E-state index contributed by atoms with van der Waals surface area (Å²) in [6.07, 6.45) is -2.61. The number of benzene rings is 1. The lowest BCUT2D eigenvalue weighted by Crippen LogP contribution is -2.37. The maximum atomic E-state index is 12.2. The number of aryl methyl sites for hydroxylation is 1. The van der Waals surface area contributed by atoms with E-state index in [0.717, 1.165) is 39.8 Å². The Morgan fingerprint density at radius 3 is 2.95 bits per heavy atom. The number of nitrogens with one attached hydrogen (secondary N) is 1. The van der Waals surface area contributed by atoms with Gasteiger partial charge in [0.25, 0.3) is 0 Å². The first-order valence-corrected chi connectivity index (χ1v) is 7.84. The molecule has 1 aliphatic heterocycles. The lowest BCUT2D eigenvalue weighted by molar-refractivity contribution is -0.173. The van der Waals surface area contributed by atoms with Crippen molar-refractivity contribution in [3.8, 4) is 5.75 Å². The van der Waals surface area contributed by atoms with Gasteiger partial charge in [0.05, 0.1) is 6.61 Å². The first-order chi connectivity index (χ1) is 10.5. The van der Waals surface area contributed by atoms with E-state index in [1.165, 1.54) is 0 Å². The van der Waals surface area contributed by atoms with Crippen LogP contribution in [0.15, 0.2) is 17.5 Å². The minimum atomic E-state index is -4.83. The van der Waals surface area contributed by atoms with Crippen LogP contribution >= 0.6 is 11.3 Å². The molecule has 1 aromatic heterocycles. The molecule has 0 saturated heterocycles. The van der Waals surface area contributed by atoms with Crippen LogP contribution in [0.5, 0.6) is 5.75 Å². The van der Waals surface area contributed by atoms with E-state index in [1.807, 2.05) is 22.8 Å². The van der Waals surface area contributed by atoms with Gasteiger partial charge in [0.1, 0.15) is 5.75 Å². The van der Waals surface area contributed by atoms with Gasteiger partial charge in [-0.1, -0.05) is 0 Å². The Morgan fingerprint density at radius 2 is 2.18 bits per heavy atom. The van der Waals surface area contributed by atoms with Crippen LogP contribution in [0.2, 0.25) is 0 Å². The molecule has 1 amide bonds. The van der Waals surface area contributed by atoms with Crippen molar-refractivity contribution in [1.29, 1.82) is 0 Å². The molecule has 0 fully saturated rings. The van der Waals surface area contributed by atoms with Crippen LogP contribution < -0.4 is 10.1 Å². The van der Waals surface area contributed by atoms with Gasteiger partial charge in [-0.25, -0.2) is 0 Å². The van der Waals surface area contributed by atoms with Gasteiger partial charge in [0.2, 0.25) is 0 Å². The molecule has 0 aliphatic carbocycles. The summed E-state index contributed by atoms with van der Waals surface area (Å²) in [5.41, 5.74) is 2.09. The molecule has 0 saturated carbocycles. The number of carbonyl (C=O) groups excluding carboxylic acids is 1. The summed E-state index contributed by atoms with van der Waals surface area (Å²) in [6.45, 7) is 0.661. The Kier molecular flexibility index (Phi) is 3.99. The van der Waals surface area contributed by atoms with Crippen LogP contribution in [0.3, 0.4) is 0 Å². The number of thiophene rings is 1. The van der Waals surface area contributed by atoms with Gasteiger partial charge in [0, 0.05) is 22.2 Å². The molecule has 22 heavy (non-hydrogen) atoms. The van der Waals surface area contributed by atoms with E-state index in [9.17, 15) is 18.0 Å². The van der Waals surface area contributed by atoms with Crippen LogP contribution in [0.4, 0.5) is 13.2 Å². The average Bonchev–Trinajstić information content (AvgIpc) is 2.90. The molecule has 0 atom stereocenters. The predicted molar refractivity (Wildman–Crippen MR) is 78.4 cm³/mol. The smallest absolute Gasteiger partial charge is 0.471 e. The molecule has 3 nitrogen and oxygen atoms in total. The molecule has 118 valence electrons. The van der Waals surface area contributed by atoms with Crippen molar-refractivity contribution in [2.75, 3.05) is 13.2 Å². The zero-order valence-electron chi connectivity index (χ0n) is 11.6. The summed E-state index contributed by atoms with van der Waals surface area (Å²) in [4.78, 5) is 10.8. The number of halogens is 3. The molecule has 2 aromatic rings. The number of alkyl halides is 3. The topological polar surface area (TPSA) is 38.3 Å². The molecule has 0 unspecified atom stereocenters. The van der Waals surface area contributed by atoms with Crippen LogP contribution in [0.1, 0.15) is 17.5 Å². The second kappa shape index (κ2) is 5.79. The largest absolute Gasteiger partial charge is 0.493 e. The second-order valence-corrected chi connectivity index (χ2v) is 6.04. The van der Waals surface area contributed by atoms with E-state index in [-0.39, 0.29) is 6.54 Å². The quantitative estimate of drug-likeness (QED) is 0.937. The molecule has 0 bridgehead atoms. The van der Waals surface area contributed by atoms with Gasteiger partial charge >= 0.3 is 12.1 Å². The minimum absolute atomic E-state index is 0.0330. The van der Waals surface area contributed by atoms with Crippen LogP contribution in [0, 0.1) is 0 Å². The molecule has 3 rings (SSSR count). The fourth-order valence-electron chi connectivity index (χ4n) is 2.66. The van der Waals surface area contributed by atoms with Crippen molar-refractivity contribution in [3.05, 3.63) is 28.6 Å². The van der Waals surface area contributed by atoms with Crippen LogP contribution in [-0.4, -0.2) is 25.2 Å². The molecular formula is C15H14F3NO2S. The molecule has 1 aromatic carbocycles. The Balaban J connectivity index is 1.78. The Bertz CT molecular complexity index is 709. The van der Waals surface area contributed by atoms with E-state index in [0.29, 0.717) is 13.0 Å². The van der Waals surface area contributed by atoms with Gasteiger partial charge in [-0.05, 0) is 42.3 Å². The number of ether oxygens (including phenoxy) is 1. The van der Waals surface area contributed by atoms with E-state index < -0.39 is 12.1 Å². The minimum Gasteiger partial charge on any atom is -0.493 e. The third-order valence-electron chi connectivity index (χ3n) is 3.65. The molecule has 1 N–H and O–H groups in total. The maximum Gasteiger partial charge on any atom is 0.471 e. The Labute approximate surface area is 129 Å². The number of rotatable bonds is 3. The third-order valence-corrected chi connectivity index (χ3v) is 4.64. The Hall–Kier alpha value is -1.76. The van der Waals surface area contributed by atoms with Crippen molar-refractivity contribution in [2.45, 2.75) is 25.4 Å². The monoisotopic (exact) mass is 329 g/mol. The molecule has 7 heteroatoms. The van der Waals surface area contributed by atoms with Crippen LogP contribution in [0.25, 0.3) is 10.1 Å². The highest BCUT2D eigenvalue weighted by atomic mass is 32.1. The van der Waals surface area contributed by atoms with Gasteiger partial charge in [-0.15, -0.1) is 11.3 Å². The zero-order valence-corrected chi connectivity index (χ0v) is 12.4. The van der Waals surface area contributed by atoms with Gasteiger partial charge in [-0.3, -0.25) is 4.79 Å². The normalized spacial score (nSPS) is 14.5.